The Morgan fingerprint density at radius 3 is 2.50 bits per heavy atom. The molecule has 0 aromatic heterocycles. The van der Waals surface area contributed by atoms with Crippen LogP contribution in [0.25, 0.3) is 0 Å². The van der Waals surface area contributed by atoms with Crippen LogP contribution in [-0.2, 0) is 0 Å². The summed E-state index contributed by atoms with van der Waals surface area (Å²) in [5, 5.41) is 0. The highest BCUT2D eigenvalue weighted by atomic mass is 79.9. The highest BCUT2D eigenvalue weighted by Crippen LogP contribution is 2.28. The van der Waals surface area contributed by atoms with Gasteiger partial charge in [-0.25, -0.2) is 0 Å². The SMILES string of the molecule is COc1ccc(Br)cc1[C@H](N)[C@H](C)N. The van der Waals surface area contributed by atoms with Gasteiger partial charge in [0, 0.05) is 22.1 Å². The van der Waals surface area contributed by atoms with E-state index >= 15 is 0 Å². The summed E-state index contributed by atoms with van der Waals surface area (Å²) in [6.45, 7) is 1.88. The van der Waals surface area contributed by atoms with E-state index in [1.165, 1.54) is 0 Å². The number of methoxy groups -OCH3 is 1. The van der Waals surface area contributed by atoms with Crippen LogP contribution in [0.4, 0.5) is 0 Å². The Balaban J connectivity index is 3.10. The summed E-state index contributed by atoms with van der Waals surface area (Å²) in [6.07, 6.45) is 0. The van der Waals surface area contributed by atoms with Crippen LogP contribution in [0.2, 0.25) is 0 Å². The van der Waals surface area contributed by atoms with Crippen LogP contribution in [0, 0.1) is 0 Å². The highest BCUT2D eigenvalue weighted by Gasteiger charge is 2.15. The minimum Gasteiger partial charge on any atom is -0.496 e. The Morgan fingerprint density at radius 1 is 1.36 bits per heavy atom. The molecule has 4 heteroatoms. The van der Waals surface area contributed by atoms with E-state index in [0.29, 0.717) is 0 Å². The molecule has 0 amide bonds. The highest BCUT2D eigenvalue weighted by molar-refractivity contribution is 9.10. The summed E-state index contributed by atoms with van der Waals surface area (Å²) in [5.74, 6) is 0.776. The van der Waals surface area contributed by atoms with Crippen LogP contribution in [0.5, 0.6) is 5.75 Å². The Morgan fingerprint density at radius 2 is 2.00 bits per heavy atom. The summed E-state index contributed by atoms with van der Waals surface area (Å²) in [6, 6.07) is 5.42. The Labute approximate surface area is 92.6 Å². The molecule has 0 aliphatic heterocycles. The quantitative estimate of drug-likeness (QED) is 0.870. The molecule has 0 radical (unpaired) electrons. The van der Waals surface area contributed by atoms with E-state index in [9.17, 15) is 0 Å². The fourth-order valence-electron chi connectivity index (χ4n) is 1.25. The minimum atomic E-state index is -0.206. The average molecular weight is 259 g/mol. The topological polar surface area (TPSA) is 61.3 Å². The molecule has 1 aromatic carbocycles. The van der Waals surface area contributed by atoms with Gasteiger partial charge in [-0.2, -0.15) is 0 Å². The molecule has 0 aliphatic rings. The Bertz CT molecular complexity index is 315. The molecule has 0 fully saturated rings. The van der Waals surface area contributed by atoms with Gasteiger partial charge < -0.3 is 16.2 Å². The van der Waals surface area contributed by atoms with Crippen molar-refractivity contribution < 1.29 is 4.74 Å². The number of hydrogen-bond donors (Lipinski definition) is 2. The summed E-state index contributed by atoms with van der Waals surface area (Å²) < 4.78 is 6.19. The lowest BCUT2D eigenvalue weighted by molar-refractivity contribution is 0.402. The van der Waals surface area contributed by atoms with Crippen molar-refractivity contribution in [2.24, 2.45) is 11.5 Å². The molecule has 0 spiro atoms. The van der Waals surface area contributed by atoms with Crippen molar-refractivity contribution in [2.45, 2.75) is 19.0 Å². The van der Waals surface area contributed by atoms with Crippen molar-refractivity contribution in [3.05, 3.63) is 28.2 Å². The molecular formula is C10H15BrN2O. The van der Waals surface area contributed by atoms with Crippen molar-refractivity contribution in [1.82, 2.24) is 0 Å². The maximum atomic E-state index is 5.96. The van der Waals surface area contributed by atoms with Crippen molar-refractivity contribution in [2.75, 3.05) is 7.11 Å². The molecule has 1 aromatic rings. The molecule has 0 unspecified atom stereocenters. The minimum absolute atomic E-state index is 0.0989. The van der Waals surface area contributed by atoms with Crippen molar-refractivity contribution >= 4 is 15.9 Å². The van der Waals surface area contributed by atoms with Gasteiger partial charge >= 0.3 is 0 Å². The molecule has 1 rings (SSSR count). The molecule has 14 heavy (non-hydrogen) atoms. The molecule has 0 saturated carbocycles. The first-order valence-corrected chi connectivity index (χ1v) is 5.20. The molecular weight excluding hydrogens is 244 g/mol. The van der Waals surface area contributed by atoms with E-state index in [4.69, 9.17) is 16.2 Å². The predicted octanol–water partition coefficient (Wildman–Crippen LogP) is 1.80. The second-order valence-electron chi connectivity index (χ2n) is 3.27. The maximum absolute atomic E-state index is 5.96. The third-order valence-electron chi connectivity index (χ3n) is 2.12. The molecule has 0 saturated heterocycles. The number of rotatable bonds is 3. The van der Waals surface area contributed by atoms with Gasteiger partial charge in [-0.1, -0.05) is 15.9 Å². The fourth-order valence-corrected chi connectivity index (χ4v) is 1.63. The Hall–Kier alpha value is -0.580. The van der Waals surface area contributed by atoms with E-state index in [2.05, 4.69) is 15.9 Å². The predicted molar refractivity (Wildman–Crippen MR) is 61.3 cm³/mol. The van der Waals surface area contributed by atoms with Gasteiger partial charge in [0.1, 0.15) is 5.75 Å². The van der Waals surface area contributed by atoms with E-state index in [0.717, 1.165) is 15.8 Å². The average Bonchev–Trinajstić information content (AvgIpc) is 2.16. The summed E-state index contributed by atoms with van der Waals surface area (Å²) >= 11 is 3.39. The normalized spacial score (nSPS) is 14.9. The van der Waals surface area contributed by atoms with Gasteiger partial charge in [0.15, 0.2) is 0 Å². The number of hydrogen-bond acceptors (Lipinski definition) is 3. The van der Waals surface area contributed by atoms with Crippen LogP contribution >= 0.6 is 15.9 Å². The molecule has 0 bridgehead atoms. The smallest absolute Gasteiger partial charge is 0.123 e. The van der Waals surface area contributed by atoms with E-state index in [1.54, 1.807) is 7.11 Å². The lowest BCUT2D eigenvalue weighted by atomic mass is 10.0. The van der Waals surface area contributed by atoms with Crippen molar-refractivity contribution in [1.29, 1.82) is 0 Å². The summed E-state index contributed by atoms with van der Waals surface area (Å²) in [4.78, 5) is 0. The molecule has 0 heterocycles. The van der Waals surface area contributed by atoms with Crippen LogP contribution in [0.3, 0.4) is 0 Å². The lowest BCUT2D eigenvalue weighted by Gasteiger charge is -2.19. The second kappa shape index (κ2) is 4.77. The zero-order valence-electron chi connectivity index (χ0n) is 8.33. The zero-order chi connectivity index (χ0) is 10.7. The molecule has 0 aliphatic carbocycles. The number of nitrogens with two attached hydrogens (primary N) is 2. The van der Waals surface area contributed by atoms with Gasteiger partial charge in [0.2, 0.25) is 0 Å². The monoisotopic (exact) mass is 258 g/mol. The van der Waals surface area contributed by atoms with Gasteiger partial charge in [-0.05, 0) is 25.1 Å². The summed E-state index contributed by atoms with van der Waals surface area (Å²) in [7, 11) is 1.63. The standard InChI is InChI=1S/C10H15BrN2O/c1-6(12)10(13)8-5-7(11)3-4-9(8)14-2/h3-6,10H,12-13H2,1-2H3/t6-,10+/m0/s1. The van der Waals surface area contributed by atoms with E-state index in [-0.39, 0.29) is 12.1 Å². The van der Waals surface area contributed by atoms with Crippen LogP contribution in [0.15, 0.2) is 22.7 Å². The van der Waals surface area contributed by atoms with Gasteiger partial charge in [-0.3, -0.25) is 0 Å². The van der Waals surface area contributed by atoms with E-state index in [1.807, 2.05) is 25.1 Å². The van der Waals surface area contributed by atoms with Crippen LogP contribution in [-0.4, -0.2) is 13.2 Å². The number of halogens is 1. The van der Waals surface area contributed by atoms with Gasteiger partial charge in [0.05, 0.1) is 7.11 Å². The molecule has 2 atom stereocenters. The van der Waals surface area contributed by atoms with E-state index < -0.39 is 0 Å². The molecule has 4 N–H and O–H groups in total. The first-order valence-electron chi connectivity index (χ1n) is 4.41. The third kappa shape index (κ3) is 2.47. The first-order chi connectivity index (χ1) is 6.56. The van der Waals surface area contributed by atoms with Crippen molar-refractivity contribution in [3.63, 3.8) is 0 Å². The first kappa shape index (κ1) is 11.5. The maximum Gasteiger partial charge on any atom is 0.123 e. The Kier molecular flexibility index (Phi) is 3.92. The number of ether oxygens (including phenoxy) is 1. The van der Waals surface area contributed by atoms with Crippen molar-refractivity contribution in [3.8, 4) is 5.75 Å². The largest absolute Gasteiger partial charge is 0.496 e. The lowest BCUT2D eigenvalue weighted by Crippen LogP contribution is -2.31. The van der Waals surface area contributed by atoms with Crippen LogP contribution < -0.4 is 16.2 Å². The van der Waals surface area contributed by atoms with Crippen LogP contribution in [0.1, 0.15) is 18.5 Å². The summed E-state index contributed by atoms with van der Waals surface area (Å²) in [5.41, 5.74) is 12.6. The second-order valence-corrected chi connectivity index (χ2v) is 4.19. The molecule has 78 valence electrons. The fraction of sp³-hybridized carbons (Fsp3) is 0.400. The van der Waals surface area contributed by atoms with Gasteiger partial charge in [-0.15, -0.1) is 0 Å². The third-order valence-corrected chi connectivity index (χ3v) is 2.61. The number of benzene rings is 1. The molecule has 3 nitrogen and oxygen atoms in total. The zero-order valence-corrected chi connectivity index (χ0v) is 9.91. The van der Waals surface area contributed by atoms with Gasteiger partial charge in [0.25, 0.3) is 0 Å².